The first-order valence-electron chi connectivity index (χ1n) is 7.09. The second-order valence-corrected chi connectivity index (χ2v) is 4.97. The minimum atomic E-state index is 0.00450. The molecule has 1 amide bonds. The molecule has 1 heterocycles. The van der Waals surface area contributed by atoms with Crippen LogP contribution in [0.1, 0.15) is 33.3 Å². The van der Waals surface area contributed by atoms with Gasteiger partial charge in [-0.15, -0.1) is 0 Å². The fraction of sp³-hybridized carbons (Fsp3) is 0.643. The summed E-state index contributed by atoms with van der Waals surface area (Å²) in [5, 5.41) is 5.99. The van der Waals surface area contributed by atoms with Gasteiger partial charge in [-0.3, -0.25) is 4.79 Å². The summed E-state index contributed by atoms with van der Waals surface area (Å²) in [5.74, 6) is 1.40. The molecule has 0 aliphatic carbocycles. The van der Waals surface area contributed by atoms with Crippen LogP contribution in [-0.2, 0) is 4.79 Å². The van der Waals surface area contributed by atoms with Gasteiger partial charge < -0.3 is 15.5 Å². The summed E-state index contributed by atoms with van der Waals surface area (Å²) >= 11 is 0. The molecule has 0 aliphatic heterocycles. The Morgan fingerprint density at radius 3 is 2.65 bits per heavy atom. The van der Waals surface area contributed by atoms with E-state index in [4.69, 9.17) is 0 Å². The molecular formula is C14H25N5O. The first-order valence-corrected chi connectivity index (χ1v) is 7.09. The molecule has 0 spiro atoms. The molecule has 0 atom stereocenters. The highest BCUT2D eigenvalue weighted by atomic mass is 16.2. The molecule has 112 valence electrons. The van der Waals surface area contributed by atoms with Crippen LogP contribution in [0.25, 0.3) is 0 Å². The smallest absolute Gasteiger partial charge is 0.239 e. The Hall–Kier alpha value is -1.85. The zero-order chi connectivity index (χ0) is 15.1. The predicted octanol–water partition coefficient (Wildman–Crippen LogP) is 1.57. The van der Waals surface area contributed by atoms with E-state index in [0.29, 0.717) is 12.5 Å². The molecule has 2 N–H and O–H groups in total. The van der Waals surface area contributed by atoms with Crippen LogP contribution < -0.4 is 15.5 Å². The summed E-state index contributed by atoms with van der Waals surface area (Å²) in [4.78, 5) is 22.6. The van der Waals surface area contributed by atoms with Crippen LogP contribution in [0.4, 0.5) is 11.8 Å². The molecule has 0 saturated heterocycles. The average molecular weight is 279 g/mol. The highest BCUT2D eigenvalue weighted by Gasteiger charge is 2.15. The van der Waals surface area contributed by atoms with Crippen molar-refractivity contribution in [2.75, 3.05) is 29.9 Å². The van der Waals surface area contributed by atoms with E-state index in [-0.39, 0.29) is 11.9 Å². The Labute approximate surface area is 121 Å². The summed E-state index contributed by atoms with van der Waals surface area (Å²) in [7, 11) is 0. The molecule has 20 heavy (non-hydrogen) atoms. The molecule has 6 heteroatoms. The summed E-state index contributed by atoms with van der Waals surface area (Å²) in [6.45, 7) is 11.7. The number of aromatic nitrogens is 2. The minimum absolute atomic E-state index is 0.00450. The van der Waals surface area contributed by atoms with Crippen molar-refractivity contribution in [3.8, 4) is 0 Å². The summed E-state index contributed by atoms with van der Waals surface area (Å²) in [6.07, 6.45) is 1.78. The van der Waals surface area contributed by atoms with Gasteiger partial charge in [0.05, 0.1) is 6.54 Å². The lowest BCUT2D eigenvalue weighted by Crippen LogP contribution is -2.40. The van der Waals surface area contributed by atoms with E-state index < -0.39 is 0 Å². The van der Waals surface area contributed by atoms with Crippen LogP contribution in [0, 0.1) is 6.92 Å². The number of likely N-dealkylation sites (N-methyl/N-ethyl adjacent to an activating group) is 1. The fourth-order valence-corrected chi connectivity index (χ4v) is 1.87. The molecule has 6 nitrogen and oxygen atoms in total. The molecule has 0 aromatic carbocycles. The van der Waals surface area contributed by atoms with Gasteiger partial charge in [-0.25, -0.2) is 4.98 Å². The molecule has 1 rings (SSSR count). The van der Waals surface area contributed by atoms with Gasteiger partial charge in [-0.05, 0) is 34.6 Å². The van der Waals surface area contributed by atoms with Crippen LogP contribution in [0.3, 0.4) is 0 Å². The maximum Gasteiger partial charge on any atom is 0.239 e. The number of anilines is 2. The first kappa shape index (κ1) is 16.2. The van der Waals surface area contributed by atoms with Crippen molar-refractivity contribution < 1.29 is 4.79 Å². The zero-order valence-electron chi connectivity index (χ0n) is 13.0. The Bertz CT molecular complexity index is 447. The number of amides is 1. The fourth-order valence-electron chi connectivity index (χ4n) is 1.87. The molecule has 1 aromatic heterocycles. The Kier molecular flexibility index (Phi) is 6.21. The highest BCUT2D eigenvalue weighted by Crippen LogP contribution is 2.17. The summed E-state index contributed by atoms with van der Waals surface area (Å²) in [6, 6.07) is 0.144. The Balaban J connectivity index is 2.88. The number of rotatable bonds is 7. The third-order valence-electron chi connectivity index (χ3n) is 2.75. The highest BCUT2D eigenvalue weighted by molar-refractivity contribution is 5.81. The lowest BCUT2D eigenvalue weighted by Gasteiger charge is -2.24. The molecule has 0 fully saturated rings. The van der Waals surface area contributed by atoms with Gasteiger partial charge >= 0.3 is 0 Å². The third-order valence-corrected chi connectivity index (χ3v) is 2.75. The van der Waals surface area contributed by atoms with E-state index >= 15 is 0 Å². The van der Waals surface area contributed by atoms with E-state index in [2.05, 4.69) is 20.6 Å². The number of hydrogen-bond acceptors (Lipinski definition) is 5. The lowest BCUT2D eigenvalue weighted by molar-refractivity contribution is -0.120. The largest absolute Gasteiger partial charge is 0.354 e. The van der Waals surface area contributed by atoms with Crippen molar-refractivity contribution in [2.45, 2.75) is 40.7 Å². The van der Waals surface area contributed by atoms with Crippen molar-refractivity contribution in [3.05, 3.63) is 11.8 Å². The van der Waals surface area contributed by atoms with Crippen molar-refractivity contribution >= 4 is 17.7 Å². The SMILES string of the molecule is CCNc1ncc(C)c(N(CC)CC(=O)NC(C)C)n1. The van der Waals surface area contributed by atoms with E-state index in [1.807, 2.05) is 39.5 Å². The number of aryl methyl sites for hydroxylation is 1. The monoisotopic (exact) mass is 279 g/mol. The summed E-state index contributed by atoms with van der Waals surface area (Å²) < 4.78 is 0. The van der Waals surface area contributed by atoms with Gasteiger partial charge in [0.15, 0.2) is 0 Å². The second-order valence-electron chi connectivity index (χ2n) is 4.97. The number of carbonyl (C=O) groups is 1. The molecule has 0 radical (unpaired) electrons. The lowest BCUT2D eigenvalue weighted by atomic mass is 10.3. The second kappa shape index (κ2) is 7.67. The van der Waals surface area contributed by atoms with Gasteiger partial charge in [-0.1, -0.05) is 0 Å². The first-order chi connectivity index (χ1) is 9.47. The van der Waals surface area contributed by atoms with Crippen LogP contribution in [-0.4, -0.2) is 41.6 Å². The molecule has 0 aliphatic rings. The van der Waals surface area contributed by atoms with Crippen molar-refractivity contribution in [3.63, 3.8) is 0 Å². The maximum absolute atomic E-state index is 11.9. The van der Waals surface area contributed by atoms with Crippen molar-refractivity contribution in [2.24, 2.45) is 0 Å². The van der Waals surface area contributed by atoms with Crippen LogP contribution >= 0.6 is 0 Å². The quantitative estimate of drug-likeness (QED) is 0.793. The van der Waals surface area contributed by atoms with Gasteiger partial charge in [0.25, 0.3) is 0 Å². The minimum Gasteiger partial charge on any atom is -0.354 e. The Morgan fingerprint density at radius 1 is 1.40 bits per heavy atom. The standard InChI is InChI=1S/C14H25N5O/c1-6-15-14-16-8-11(5)13(18-14)19(7-2)9-12(20)17-10(3)4/h8,10H,6-7,9H2,1-5H3,(H,17,20)(H,15,16,18). The van der Waals surface area contributed by atoms with Crippen molar-refractivity contribution in [1.29, 1.82) is 0 Å². The molecular weight excluding hydrogens is 254 g/mol. The van der Waals surface area contributed by atoms with E-state index in [1.165, 1.54) is 0 Å². The molecule has 0 unspecified atom stereocenters. The molecule has 0 bridgehead atoms. The Morgan fingerprint density at radius 2 is 2.10 bits per heavy atom. The van der Waals surface area contributed by atoms with Gasteiger partial charge in [0.1, 0.15) is 5.82 Å². The number of hydrogen-bond donors (Lipinski definition) is 2. The van der Waals surface area contributed by atoms with Gasteiger partial charge in [-0.2, -0.15) is 4.98 Å². The summed E-state index contributed by atoms with van der Waals surface area (Å²) in [5.41, 5.74) is 0.964. The van der Waals surface area contributed by atoms with E-state index in [0.717, 1.165) is 24.5 Å². The third kappa shape index (κ3) is 4.68. The predicted molar refractivity (Wildman–Crippen MR) is 82.1 cm³/mol. The molecule has 0 saturated carbocycles. The van der Waals surface area contributed by atoms with Gasteiger partial charge in [0, 0.05) is 30.9 Å². The van der Waals surface area contributed by atoms with E-state index in [1.54, 1.807) is 6.20 Å². The number of nitrogens with one attached hydrogen (secondary N) is 2. The van der Waals surface area contributed by atoms with Gasteiger partial charge in [0.2, 0.25) is 11.9 Å². The normalized spacial score (nSPS) is 10.5. The number of carbonyl (C=O) groups excluding carboxylic acids is 1. The zero-order valence-corrected chi connectivity index (χ0v) is 13.0. The van der Waals surface area contributed by atoms with Crippen molar-refractivity contribution in [1.82, 2.24) is 15.3 Å². The average Bonchev–Trinajstić information content (AvgIpc) is 2.38. The van der Waals surface area contributed by atoms with E-state index in [9.17, 15) is 4.79 Å². The molecule has 1 aromatic rings. The topological polar surface area (TPSA) is 70.2 Å². The maximum atomic E-state index is 11.9. The number of nitrogens with zero attached hydrogens (tertiary/aromatic N) is 3. The van der Waals surface area contributed by atoms with Crippen LogP contribution in [0.2, 0.25) is 0 Å². The van der Waals surface area contributed by atoms with Crippen LogP contribution in [0.5, 0.6) is 0 Å². The van der Waals surface area contributed by atoms with Crippen LogP contribution in [0.15, 0.2) is 6.20 Å².